The number of primary amides is 1. The van der Waals surface area contributed by atoms with Gasteiger partial charge >= 0.3 is 6.09 Å². The van der Waals surface area contributed by atoms with E-state index in [1.807, 2.05) is 13.1 Å². The molecule has 4 aliphatic carbocycles. The maximum absolute atomic E-state index is 13.0. The number of carbonyl (C=O) groups excluding carboxylic acids is 2. The van der Waals surface area contributed by atoms with Gasteiger partial charge in [-0.15, -0.1) is 0 Å². The first-order chi connectivity index (χ1) is 14.9. The van der Waals surface area contributed by atoms with Gasteiger partial charge in [0, 0.05) is 32.4 Å². The van der Waals surface area contributed by atoms with E-state index in [4.69, 9.17) is 15.7 Å². The Morgan fingerprint density at radius 1 is 1.29 bits per heavy atom. The second-order valence-electron chi connectivity index (χ2n) is 9.98. The highest BCUT2D eigenvalue weighted by Gasteiger charge is 2.59. The first-order valence-corrected chi connectivity index (χ1v) is 11.2. The van der Waals surface area contributed by atoms with Crippen molar-refractivity contribution in [1.29, 1.82) is 5.26 Å². The molecule has 1 aromatic heterocycles. The van der Waals surface area contributed by atoms with Crippen LogP contribution in [0.2, 0.25) is 0 Å². The van der Waals surface area contributed by atoms with Crippen molar-refractivity contribution in [2.75, 3.05) is 25.0 Å². The smallest absolute Gasteiger partial charge is 0.410 e. The molecule has 164 valence electrons. The van der Waals surface area contributed by atoms with Crippen molar-refractivity contribution in [3.63, 3.8) is 0 Å². The summed E-state index contributed by atoms with van der Waals surface area (Å²) in [4.78, 5) is 33.3. The Bertz CT molecular complexity index is 910. The highest BCUT2D eigenvalue weighted by Crippen LogP contribution is 2.60. The normalized spacial score (nSPS) is 35.6. The van der Waals surface area contributed by atoms with E-state index in [0.29, 0.717) is 24.6 Å². The van der Waals surface area contributed by atoms with Crippen LogP contribution in [-0.2, 0) is 9.53 Å². The highest BCUT2D eigenvalue weighted by atomic mass is 16.6. The molecule has 0 spiro atoms. The molecule has 1 saturated heterocycles. The Morgan fingerprint density at radius 3 is 2.65 bits per heavy atom. The van der Waals surface area contributed by atoms with Crippen LogP contribution >= 0.6 is 0 Å². The van der Waals surface area contributed by atoms with Gasteiger partial charge in [-0.3, -0.25) is 4.79 Å². The van der Waals surface area contributed by atoms with Crippen LogP contribution in [0.4, 0.5) is 10.6 Å². The third-order valence-corrected chi connectivity index (χ3v) is 8.15. The summed E-state index contributed by atoms with van der Waals surface area (Å²) >= 11 is 0. The summed E-state index contributed by atoms with van der Waals surface area (Å²) in [6.07, 6.45) is 6.61. The average Bonchev–Trinajstić information content (AvgIpc) is 3.25. The summed E-state index contributed by atoms with van der Waals surface area (Å²) < 4.78 is 6.06. The molecule has 5 fully saturated rings. The summed E-state index contributed by atoms with van der Waals surface area (Å²) in [5, 5.41) is 8.94. The number of nitrogens with zero attached hydrogens (tertiary/aromatic N) is 4. The number of ether oxygens (including phenoxy) is 1. The van der Waals surface area contributed by atoms with Crippen LogP contribution in [0.15, 0.2) is 18.3 Å². The van der Waals surface area contributed by atoms with Gasteiger partial charge in [0.15, 0.2) is 0 Å². The molecule has 6 rings (SSSR count). The summed E-state index contributed by atoms with van der Waals surface area (Å²) in [6.45, 7) is 1.24. The third-order valence-electron chi connectivity index (χ3n) is 8.15. The monoisotopic (exact) mass is 423 g/mol. The van der Waals surface area contributed by atoms with Crippen LogP contribution < -0.4 is 10.6 Å². The molecule has 1 aliphatic heterocycles. The maximum atomic E-state index is 13.0. The Labute approximate surface area is 182 Å². The minimum Gasteiger partial charge on any atom is -0.446 e. The Kier molecular flexibility index (Phi) is 4.80. The standard InChI is InChI=1S/C23H29N5O3/c1-27(19-3-2-14(11-24)12-26-19)18-4-5-28(13-18)22(30)31-20-16-6-15-7-17(20)10-23(8-15,9-16)21(25)29/h2-3,12,15-18,20H,4-10,13H2,1H3,(H2,25,29)/t15?,16?,17?,18?,20-,23-. The van der Waals surface area contributed by atoms with Crippen LogP contribution in [0, 0.1) is 34.5 Å². The van der Waals surface area contributed by atoms with E-state index in [1.54, 1.807) is 17.2 Å². The lowest BCUT2D eigenvalue weighted by Crippen LogP contribution is -2.59. The number of nitriles is 1. The van der Waals surface area contributed by atoms with Gasteiger partial charge < -0.3 is 20.3 Å². The second kappa shape index (κ2) is 7.40. The number of pyridine rings is 1. The van der Waals surface area contributed by atoms with Crippen molar-refractivity contribution in [2.45, 2.75) is 50.7 Å². The predicted octanol–water partition coefficient (Wildman–Crippen LogP) is 2.28. The fourth-order valence-electron chi connectivity index (χ4n) is 6.73. The first kappa shape index (κ1) is 20.1. The molecular formula is C23H29N5O3. The van der Waals surface area contributed by atoms with Crippen LogP contribution in [0.5, 0.6) is 0 Å². The van der Waals surface area contributed by atoms with E-state index in [9.17, 15) is 9.59 Å². The predicted molar refractivity (Wildman–Crippen MR) is 113 cm³/mol. The van der Waals surface area contributed by atoms with Gasteiger partial charge in [0.25, 0.3) is 0 Å². The van der Waals surface area contributed by atoms with Gasteiger partial charge in [0.2, 0.25) is 5.91 Å². The van der Waals surface area contributed by atoms with Gasteiger partial charge in [0.1, 0.15) is 18.0 Å². The average molecular weight is 424 g/mol. The van der Waals surface area contributed by atoms with Crippen molar-refractivity contribution >= 4 is 17.8 Å². The number of rotatable bonds is 4. The summed E-state index contributed by atoms with van der Waals surface area (Å²) in [5.74, 6) is 1.68. The minimum absolute atomic E-state index is 0.0894. The minimum atomic E-state index is -0.366. The molecule has 2 amide bonds. The van der Waals surface area contributed by atoms with Crippen LogP contribution in [-0.4, -0.2) is 54.2 Å². The summed E-state index contributed by atoms with van der Waals surface area (Å²) in [5.41, 5.74) is 5.93. The number of likely N-dealkylation sites (N-methyl/N-ethyl adjacent to an activating group) is 1. The SMILES string of the molecule is CN(c1ccc(C#N)cn1)C1CCN(C(=O)O[C@H]2C3CC4CC2C[C@](C(N)=O)(C4)C3)C1. The fraction of sp³-hybridized carbons (Fsp3) is 0.652. The fourth-order valence-corrected chi connectivity index (χ4v) is 6.73. The van der Waals surface area contributed by atoms with E-state index in [2.05, 4.69) is 16.0 Å². The lowest BCUT2D eigenvalue weighted by atomic mass is 9.48. The quantitative estimate of drug-likeness (QED) is 0.795. The number of anilines is 1. The lowest BCUT2D eigenvalue weighted by Gasteiger charge is -2.58. The number of hydrogen-bond acceptors (Lipinski definition) is 6. The van der Waals surface area contributed by atoms with Crippen molar-refractivity contribution < 1.29 is 14.3 Å². The van der Waals surface area contributed by atoms with E-state index < -0.39 is 0 Å². The molecule has 8 nitrogen and oxygen atoms in total. The molecule has 2 heterocycles. The first-order valence-electron chi connectivity index (χ1n) is 11.2. The molecule has 0 aromatic carbocycles. The van der Waals surface area contributed by atoms with E-state index in [1.165, 1.54) is 0 Å². The molecule has 4 bridgehead atoms. The van der Waals surface area contributed by atoms with Gasteiger partial charge in [-0.1, -0.05) is 0 Å². The van der Waals surface area contributed by atoms with Gasteiger partial charge in [-0.25, -0.2) is 9.78 Å². The lowest BCUT2D eigenvalue weighted by molar-refractivity contribution is -0.161. The molecule has 4 saturated carbocycles. The van der Waals surface area contributed by atoms with Crippen LogP contribution in [0.25, 0.3) is 0 Å². The maximum Gasteiger partial charge on any atom is 0.410 e. The van der Waals surface area contributed by atoms with Gasteiger partial charge in [0.05, 0.1) is 11.0 Å². The Hall–Kier alpha value is -2.82. The summed E-state index contributed by atoms with van der Waals surface area (Å²) in [7, 11) is 1.97. The Balaban J connectivity index is 1.20. The van der Waals surface area contributed by atoms with E-state index in [0.717, 1.165) is 44.3 Å². The zero-order valence-corrected chi connectivity index (χ0v) is 17.9. The third kappa shape index (κ3) is 3.40. The topological polar surface area (TPSA) is 113 Å². The Morgan fingerprint density at radius 2 is 2.03 bits per heavy atom. The van der Waals surface area contributed by atoms with E-state index in [-0.39, 0.29) is 41.4 Å². The number of nitrogens with two attached hydrogens (primary N) is 1. The van der Waals surface area contributed by atoms with Crippen molar-refractivity contribution in [3.8, 4) is 6.07 Å². The molecule has 3 unspecified atom stereocenters. The molecule has 0 radical (unpaired) electrons. The zero-order valence-electron chi connectivity index (χ0n) is 17.9. The second-order valence-corrected chi connectivity index (χ2v) is 9.98. The molecule has 3 atom stereocenters. The van der Waals surface area contributed by atoms with Crippen molar-refractivity contribution in [3.05, 3.63) is 23.9 Å². The van der Waals surface area contributed by atoms with Gasteiger partial charge in [-0.2, -0.15) is 5.26 Å². The number of amides is 2. The molecular weight excluding hydrogens is 394 g/mol. The number of carbonyl (C=O) groups is 2. The largest absolute Gasteiger partial charge is 0.446 e. The number of hydrogen-bond donors (Lipinski definition) is 1. The highest BCUT2D eigenvalue weighted by molar-refractivity contribution is 5.81. The number of aromatic nitrogens is 1. The molecule has 8 heteroatoms. The zero-order chi connectivity index (χ0) is 21.8. The summed E-state index contributed by atoms with van der Waals surface area (Å²) in [6, 6.07) is 5.83. The van der Waals surface area contributed by atoms with Gasteiger partial charge in [-0.05, 0) is 68.4 Å². The van der Waals surface area contributed by atoms with Crippen molar-refractivity contribution in [1.82, 2.24) is 9.88 Å². The van der Waals surface area contributed by atoms with Crippen LogP contribution in [0.1, 0.15) is 44.1 Å². The van der Waals surface area contributed by atoms with Crippen molar-refractivity contribution in [2.24, 2.45) is 28.9 Å². The number of likely N-dealkylation sites (tertiary alicyclic amines) is 1. The van der Waals surface area contributed by atoms with E-state index >= 15 is 0 Å². The van der Waals surface area contributed by atoms with Crippen LogP contribution in [0.3, 0.4) is 0 Å². The molecule has 1 aromatic rings. The molecule has 2 N–H and O–H groups in total. The molecule has 31 heavy (non-hydrogen) atoms. The molecule has 5 aliphatic rings.